The number of benzene rings is 2. The van der Waals surface area contributed by atoms with Gasteiger partial charge >= 0.3 is 6.03 Å². The van der Waals surface area contributed by atoms with Crippen molar-refractivity contribution >= 4 is 40.6 Å². The maximum absolute atomic E-state index is 12.8. The van der Waals surface area contributed by atoms with Crippen LogP contribution in [0.15, 0.2) is 42.5 Å². The molecule has 0 aliphatic heterocycles. The van der Waals surface area contributed by atoms with Crippen LogP contribution in [0, 0.1) is 0 Å². The van der Waals surface area contributed by atoms with Crippen molar-refractivity contribution in [2.75, 3.05) is 10.6 Å². The van der Waals surface area contributed by atoms with Gasteiger partial charge in [0.05, 0.1) is 0 Å². The van der Waals surface area contributed by atoms with Gasteiger partial charge in [0.15, 0.2) is 0 Å². The summed E-state index contributed by atoms with van der Waals surface area (Å²) in [4.78, 5) is 11.8. The van der Waals surface area contributed by atoms with E-state index in [4.69, 9.17) is 23.2 Å². The predicted octanol–water partition coefficient (Wildman–Crippen LogP) is 5.11. The second kappa shape index (κ2) is 6.59. The lowest BCUT2D eigenvalue weighted by molar-refractivity contribution is 0.262. The molecule has 0 aliphatic carbocycles. The maximum atomic E-state index is 12.8. The molecule has 0 fully saturated rings. The van der Waals surface area contributed by atoms with Gasteiger partial charge in [0.2, 0.25) is 0 Å². The Morgan fingerprint density at radius 2 is 1.65 bits per heavy atom. The van der Waals surface area contributed by atoms with E-state index in [0.29, 0.717) is 27.0 Å². The van der Waals surface area contributed by atoms with Gasteiger partial charge < -0.3 is 10.6 Å². The summed E-state index contributed by atoms with van der Waals surface area (Å²) < 4.78 is 12.8. The molecule has 2 rings (SSSR count). The molecule has 0 aromatic heterocycles. The van der Waals surface area contributed by atoms with E-state index in [1.807, 2.05) is 0 Å². The zero-order valence-corrected chi connectivity index (χ0v) is 11.8. The first-order valence-corrected chi connectivity index (χ1v) is 6.52. The van der Waals surface area contributed by atoms with Gasteiger partial charge in [0.1, 0.15) is 6.67 Å². The van der Waals surface area contributed by atoms with Crippen molar-refractivity contribution in [2.24, 2.45) is 0 Å². The molecule has 0 heterocycles. The van der Waals surface area contributed by atoms with Crippen LogP contribution in [0.4, 0.5) is 20.6 Å². The molecular formula is C14H11Cl2FN2O. The summed E-state index contributed by atoms with van der Waals surface area (Å²) in [6, 6.07) is 10.8. The molecule has 104 valence electrons. The smallest absolute Gasteiger partial charge is 0.308 e. The number of nitrogens with one attached hydrogen (secondary N) is 2. The number of amides is 2. The molecule has 0 spiro atoms. The van der Waals surface area contributed by atoms with E-state index in [0.717, 1.165) is 0 Å². The van der Waals surface area contributed by atoms with Crippen LogP contribution in [0.25, 0.3) is 0 Å². The van der Waals surface area contributed by atoms with Crippen molar-refractivity contribution in [1.29, 1.82) is 0 Å². The van der Waals surface area contributed by atoms with E-state index in [1.165, 1.54) is 6.07 Å². The van der Waals surface area contributed by atoms with Crippen LogP contribution in [-0.4, -0.2) is 6.03 Å². The molecule has 2 aromatic carbocycles. The van der Waals surface area contributed by atoms with Crippen LogP contribution in [0.5, 0.6) is 0 Å². The van der Waals surface area contributed by atoms with Gasteiger partial charge in [-0.1, -0.05) is 23.2 Å². The third-order valence-electron chi connectivity index (χ3n) is 2.56. The van der Waals surface area contributed by atoms with E-state index < -0.39 is 12.7 Å². The zero-order chi connectivity index (χ0) is 14.5. The van der Waals surface area contributed by atoms with Crippen molar-refractivity contribution in [2.45, 2.75) is 6.67 Å². The highest BCUT2D eigenvalue weighted by Crippen LogP contribution is 2.22. The Kier molecular flexibility index (Phi) is 4.82. The lowest BCUT2D eigenvalue weighted by Crippen LogP contribution is -2.20. The number of halogens is 3. The van der Waals surface area contributed by atoms with E-state index in [2.05, 4.69) is 10.6 Å². The van der Waals surface area contributed by atoms with E-state index in [9.17, 15) is 9.18 Å². The van der Waals surface area contributed by atoms with E-state index >= 15 is 0 Å². The van der Waals surface area contributed by atoms with Crippen molar-refractivity contribution in [3.05, 3.63) is 58.1 Å². The van der Waals surface area contributed by atoms with Crippen molar-refractivity contribution in [3.8, 4) is 0 Å². The van der Waals surface area contributed by atoms with E-state index in [1.54, 1.807) is 36.4 Å². The van der Waals surface area contributed by atoms with Gasteiger partial charge in [0.25, 0.3) is 0 Å². The quantitative estimate of drug-likeness (QED) is 0.812. The molecule has 3 nitrogen and oxygen atoms in total. The molecule has 0 aliphatic rings. The first-order chi connectivity index (χ1) is 9.58. The highest BCUT2D eigenvalue weighted by atomic mass is 35.5. The minimum atomic E-state index is -0.711. The number of alkyl halides is 1. The molecule has 2 aromatic rings. The van der Waals surface area contributed by atoms with Crippen LogP contribution < -0.4 is 10.6 Å². The third-order valence-corrected chi connectivity index (χ3v) is 3.05. The van der Waals surface area contributed by atoms with Crippen molar-refractivity contribution in [3.63, 3.8) is 0 Å². The summed E-state index contributed by atoms with van der Waals surface area (Å²) in [5, 5.41) is 6.18. The number of hydrogen-bond acceptors (Lipinski definition) is 1. The summed E-state index contributed by atoms with van der Waals surface area (Å²) in [7, 11) is 0. The Balaban J connectivity index is 2.06. The molecule has 0 atom stereocenters. The SMILES string of the molecule is O=C(Nc1ccc(Cl)cc1)Nc1ccc(Cl)cc1CF. The summed E-state index contributed by atoms with van der Waals surface area (Å²) in [5.41, 5.74) is 1.29. The summed E-state index contributed by atoms with van der Waals surface area (Å²) in [6.45, 7) is -0.711. The Labute approximate surface area is 125 Å². The molecule has 0 bridgehead atoms. The van der Waals surface area contributed by atoms with Gasteiger partial charge in [-0.25, -0.2) is 9.18 Å². The van der Waals surface area contributed by atoms with Gasteiger partial charge in [-0.2, -0.15) is 0 Å². The number of anilines is 2. The Hall–Kier alpha value is -1.78. The van der Waals surface area contributed by atoms with Gasteiger partial charge in [-0.05, 0) is 42.5 Å². The summed E-state index contributed by atoms with van der Waals surface area (Å²) in [5.74, 6) is 0. The number of carbonyl (C=O) groups excluding carboxylic acids is 1. The van der Waals surface area contributed by atoms with Gasteiger partial charge in [-0.15, -0.1) is 0 Å². The Morgan fingerprint density at radius 1 is 1.00 bits per heavy atom. The summed E-state index contributed by atoms with van der Waals surface area (Å²) in [6.07, 6.45) is 0. The van der Waals surface area contributed by atoms with Gasteiger partial charge in [0, 0.05) is 27.0 Å². The standard InChI is InChI=1S/C14H11Cl2FN2O/c15-10-1-4-12(5-2-10)18-14(20)19-13-6-3-11(16)7-9(13)8-17/h1-7H,8H2,(H2,18,19,20). The zero-order valence-electron chi connectivity index (χ0n) is 10.3. The molecular weight excluding hydrogens is 302 g/mol. The molecule has 2 N–H and O–H groups in total. The third kappa shape index (κ3) is 3.85. The molecule has 0 saturated heterocycles. The molecule has 0 radical (unpaired) electrons. The van der Waals surface area contributed by atoms with E-state index in [-0.39, 0.29) is 0 Å². The molecule has 20 heavy (non-hydrogen) atoms. The molecule has 6 heteroatoms. The van der Waals surface area contributed by atoms with Crippen LogP contribution >= 0.6 is 23.2 Å². The number of rotatable bonds is 3. The first kappa shape index (κ1) is 14.6. The van der Waals surface area contributed by atoms with Crippen molar-refractivity contribution in [1.82, 2.24) is 0 Å². The molecule has 0 saturated carbocycles. The highest BCUT2D eigenvalue weighted by Gasteiger charge is 2.07. The normalized spacial score (nSPS) is 10.2. The van der Waals surface area contributed by atoms with Crippen LogP contribution in [0.2, 0.25) is 10.0 Å². The maximum Gasteiger partial charge on any atom is 0.323 e. The number of carbonyl (C=O) groups is 1. The fourth-order valence-corrected chi connectivity index (χ4v) is 1.93. The number of urea groups is 1. The first-order valence-electron chi connectivity index (χ1n) is 5.76. The van der Waals surface area contributed by atoms with Crippen LogP contribution in [0.3, 0.4) is 0 Å². The molecule has 2 amide bonds. The monoisotopic (exact) mass is 312 g/mol. The average Bonchev–Trinajstić information content (AvgIpc) is 2.43. The minimum absolute atomic E-state index is 0.323. The van der Waals surface area contributed by atoms with Crippen LogP contribution in [0.1, 0.15) is 5.56 Å². The lowest BCUT2D eigenvalue weighted by atomic mass is 10.2. The predicted molar refractivity (Wildman–Crippen MR) is 80.4 cm³/mol. The fraction of sp³-hybridized carbons (Fsp3) is 0.0714. The topological polar surface area (TPSA) is 41.1 Å². The second-order valence-corrected chi connectivity index (χ2v) is 4.89. The minimum Gasteiger partial charge on any atom is -0.308 e. The molecule has 0 unspecified atom stereocenters. The lowest BCUT2D eigenvalue weighted by Gasteiger charge is -2.10. The van der Waals surface area contributed by atoms with Crippen molar-refractivity contribution < 1.29 is 9.18 Å². The second-order valence-electron chi connectivity index (χ2n) is 4.02. The number of hydrogen-bond donors (Lipinski definition) is 2. The highest BCUT2D eigenvalue weighted by molar-refractivity contribution is 6.31. The van der Waals surface area contributed by atoms with Crippen LogP contribution in [-0.2, 0) is 6.67 Å². The fourth-order valence-electron chi connectivity index (χ4n) is 1.61. The Morgan fingerprint density at radius 3 is 2.30 bits per heavy atom. The average molecular weight is 313 g/mol. The van der Waals surface area contributed by atoms with Gasteiger partial charge in [-0.3, -0.25) is 0 Å². The summed E-state index contributed by atoms with van der Waals surface area (Å²) >= 11 is 11.5. The largest absolute Gasteiger partial charge is 0.323 e. The Bertz CT molecular complexity index is 617.